The quantitative estimate of drug-likeness (QED) is 0.386. The second kappa shape index (κ2) is 2.40. The van der Waals surface area contributed by atoms with Crippen LogP contribution in [0.3, 0.4) is 0 Å². The minimum Gasteiger partial charge on any atom is -0.0979 e. The molecule has 1 heteroatoms. The van der Waals surface area contributed by atoms with Gasteiger partial charge in [-0.05, 0) is 5.41 Å². The molecule has 0 unspecified atom stereocenters. The van der Waals surface area contributed by atoms with E-state index in [4.69, 9.17) is 12.2 Å². The Morgan fingerprint density at radius 2 is 1.88 bits per heavy atom. The molecule has 0 spiro atoms. The van der Waals surface area contributed by atoms with E-state index in [1.165, 1.54) is 0 Å². The average Bonchev–Trinajstić information content (AvgIpc) is 1.62. The molecule has 0 amide bonds. The Labute approximate surface area is 56.6 Å². The van der Waals surface area contributed by atoms with Crippen molar-refractivity contribution in [1.82, 2.24) is 0 Å². The fourth-order valence-electron chi connectivity index (χ4n) is 0.306. The third-order valence-electron chi connectivity index (χ3n) is 0.925. The van der Waals surface area contributed by atoms with E-state index < -0.39 is 0 Å². The molecule has 0 N–H and O–H groups in total. The zero-order chi connectivity index (χ0) is 6.78. The minimum atomic E-state index is 0.122. The van der Waals surface area contributed by atoms with Crippen molar-refractivity contribution in [3.05, 3.63) is 12.7 Å². The van der Waals surface area contributed by atoms with E-state index >= 15 is 0 Å². The molecule has 0 bridgehead atoms. The number of rotatable bonds is 1. The van der Waals surface area contributed by atoms with Gasteiger partial charge in [0.25, 0.3) is 0 Å². The van der Waals surface area contributed by atoms with Gasteiger partial charge < -0.3 is 0 Å². The Morgan fingerprint density at radius 1 is 1.50 bits per heavy atom. The summed E-state index contributed by atoms with van der Waals surface area (Å²) in [6, 6.07) is 0. The Hall–Kier alpha value is -0.170. The Morgan fingerprint density at radius 3 is 1.88 bits per heavy atom. The zero-order valence-electron chi connectivity index (χ0n) is 5.69. The predicted octanol–water partition coefficient (Wildman–Crippen LogP) is 2.59. The van der Waals surface area contributed by atoms with Crippen LogP contribution in [0.25, 0.3) is 0 Å². The Kier molecular flexibility index (Phi) is 2.35. The first-order valence-electron chi connectivity index (χ1n) is 2.65. The number of hydrogen-bond donors (Lipinski definition) is 0. The van der Waals surface area contributed by atoms with Gasteiger partial charge in [0.05, 0.1) is 0 Å². The second-order valence-corrected chi connectivity index (χ2v) is 3.26. The van der Waals surface area contributed by atoms with Crippen molar-refractivity contribution in [3.63, 3.8) is 0 Å². The van der Waals surface area contributed by atoms with E-state index in [1.54, 1.807) is 6.08 Å². The summed E-state index contributed by atoms with van der Waals surface area (Å²) in [7, 11) is 0. The molecule has 0 heterocycles. The summed E-state index contributed by atoms with van der Waals surface area (Å²) in [6.45, 7) is 9.83. The van der Waals surface area contributed by atoms with Crippen LogP contribution in [0.15, 0.2) is 12.7 Å². The highest BCUT2D eigenvalue weighted by Crippen LogP contribution is 2.15. The van der Waals surface area contributed by atoms with E-state index in [9.17, 15) is 0 Å². The lowest BCUT2D eigenvalue weighted by molar-refractivity contribution is 0.604. The normalized spacial score (nSPS) is 10.9. The molecule has 0 aromatic heterocycles. The predicted molar refractivity (Wildman–Crippen MR) is 42.3 cm³/mol. The van der Waals surface area contributed by atoms with E-state index in [-0.39, 0.29) is 5.41 Å². The van der Waals surface area contributed by atoms with Crippen LogP contribution in [0.4, 0.5) is 0 Å². The SMILES string of the molecule is C=CC(=S)C(C)(C)C. The number of thiocarbonyl (C=S) groups is 1. The van der Waals surface area contributed by atoms with Crippen molar-refractivity contribution in [2.45, 2.75) is 20.8 Å². The number of allylic oxidation sites excluding steroid dienone is 1. The molecule has 0 nitrogen and oxygen atoms in total. The van der Waals surface area contributed by atoms with Crippen LogP contribution < -0.4 is 0 Å². The van der Waals surface area contributed by atoms with Crippen LogP contribution in [0.1, 0.15) is 20.8 Å². The van der Waals surface area contributed by atoms with E-state index in [1.807, 2.05) is 0 Å². The van der Waals surface area contributed by atoms with Crippen molar-refractivity contribution >= 4 is 17.1 Å². The van der Waals surface area contributed by atoms with Crippen molar-refractivity contribution < 1.29 is 0 Å². The lowest BCUT2D eigenvalue weighted by Gasteiger charge is -2.15. The maximum absolute atomic E-state index is 4.97. The molecule has 0 saturated heterocycles. The summed E-state index contributed by atoms with van der Waals surface area (Å²) < 4.78 is 0. The summed E-state index contributed by atoms with van der Waals surface area (Å²) in [5, 5.41) is 0. The Bertz CT molecular complexity index is 106. The highest BCUT2D eigenvalue weighted by atomic mass is 32.1. The molecule has 0 aromatic carbocycles. The standard InChI is InChI=1S/C7H12S/c1-5-6(8)7(2,3)4/h5H,1H2,2-4H3. The van der Waals surface area contributed by atoms with E-state index in [0.717, 1.165) is 4.86 Å². The highest BCUT2D eigenvalue weighted by Gasteiger charge is 2.12. The number of hydrogen-bond acceptors (Lipinski definition) is 1. The van der Waals surface area contributed by atoms with Crippen molar-refractivity contribution in [2.24, 2.45) is 5.41 Å². The van der Waals surface area contributed by atoms with E-state index in [0.29, 0.717) is 0 Å². The van der Waals surface area contributed by atoms with Gasteiger partial charge in [0.15, 0.2) is 0 Å². The first kappa shape index (κ1) is 7.83. The summed E-state index contributed by atoms with van der Waals surface area (Å²) in [5.74, 6) is 0. The van der Waals surface area contributed by atoms with Gasteiger partial charge >= 0.3 is 0 Å². The minimum absolute atomic E-state index is 0.122. The molecule has 0 aliphatic heterocycles. The molecule has 0 aromatic rings. The first-order valence-corrected chi connectivity index (χ1v) is 3.06. The second-order valence-electron chi connectivity index (χ2n) is 2.82. The van der Waals surface area contributed by atoms with Crippen LogP contribution in [-0.2, 0) is 0 Å². The van der Waals surface area contributed by atoms with Crippen LogP contribution in [0, 0.1) is 5.41 Å². The van der Waals surface area contributed by atoms with Crippen molar-refractivity contribution in [1.29, 1.82) is 0 Å². The molecular weight excluding hydrogens is 116 g/mol. The monoisotopic (exact) mass is 128 g/mol. The molecule has 0 aliphatic carbocycles. The van der Waals surface area contributed by atoms with Crippen molar-refractivity contribution in [2.75, 3.05) is 0 Å². The molecule has 0 aliphatic rings. The highest BCUT2D eigenvalue weighted by molar-refractivity contribution is 7.80. The molecule has 46 valence electrons. The molecule has 0 saturated carbocycles. The van der Waals surface area contributed by atoms with Gasteiger partial charge in [-0.1, -0.05) is 45.6 Å². The van der Waals surface area contributed by atoms with Crippen LogP contribution in [-0.4, -0.2) is 4.86 Å². The maximum Gasteiger partial charge on any atom is 0.0199 e. The van der Waals surface area contributed by atoms with Gasteiger partial charge in [0.2, 0.25) is 0 Å². The lowest BCUT2D eigenvalue weighted by Crippen LogP contribution is -2.14. The summed E-state index contributed by atoms with van der Waals surface area (Å²) in [5.41, 5.74) is 0.122. The van der Waals surface area contributed by atoms with Crippen LogP contribution in [0.5, 0.6) is 0 Å². The summed E-state index contributed by atoms with van der Waals surface area (Å²) in [6.07, 6.45) is 1.73. The average molecular weight is 128 g/mol. The van der Waals surface area contributed by atoms with E-state index in [2.05, 4.69) is 27.4 Å². The lowest BCUT2D eigenvalue weighted by atomic mass is 9.92. The van der Waals surface area contributed by atoms with Crippen LogP contribution in [0.2, 0.25) is 0 Å². The summed E-state index contributed by atoms with van der Waals surface area (Å²) in [4.78, 5) is 0.928. The summed E-state index contributed by atoms with van der Waals surface area (Å²) >= 11 is 4.97. The molecule has 0 rings (SSSR count). The third-order valence-corrected chi connectivity index (χ3v) is 1.70. The van der Waals surface area contributed by atoms with Gasteiger partial charge in [-0.3, -0.25) is 0 Å². The van der Waals surface area contributed by atoms with Gasteiger partial charge in [-0.25, -0.2) is 0 Å². The van der Waals surface area contributed by atoms with Gasteiger partial charge in [0.1, 0.15) is 0 Å². The fourth-order valence-corrected chi connectivity index (χ4v) is 0.306. The molecule has 0 atom stereocenters. The molecule has 0 fully saturated rings. The fraction of sp³-hybridized carbons (Fsp3) is 0.571. The maximum atomic E-state index is 4.97. The molecule has 8 heavy (non-hydrogen) atoms. The smallest absolute Gasteiger partial charge is 0.0199 e. The topological polar surface area (TPSA) is 0 Å². The zero-order valence-corrected chi connectivity index (χ0v) is 6.51. The van der Waals surface area contributed by atoms with Gasteiger partial charge in [0, 0.05) is 4.86 Å². The van der Waals surface area contributed by atoms with Crippen LogP contribution >= 0.6 is 12.2 Å². The molecular formula is C7H12S. The van der Waals surface area contributed by atoms with Gasteiger partial charge in [-0.2, -0.15) is 0 Å². The first-order chi connectivity index (χ1) is 3.48. The van der Waals surface area contributed by atoms with Crippen molar-refractivity contribution in [3.8, 4) is 0 Å². The largest absolute Gasteiger partial charge is 0.0979 e. The third kappa shape index (κ3) is 2.22. The molecule has 0 radical (unpaired) electrons. The Balaban J connectivity index is 4.02. The van der Waals surface area contributed by atoms with Gasteiger partial charge in [-0.15, -0.1) is 0 Å².